The van der Waals surface area contributed by atoms with Gasteiger partial charge in [-0.15, -0.1) is 0 Å². The molecule has 1 heterocycles. The molecule has 1 spiro atoms. The molecule has 0 aromatic heterocycles. The smallest absolute Gasteiger partial charge is 0.245 e. The maximum Gasteiger partial charge on any atom is 0.245 e. The Morgan fingerprint density at radius 3 is 2.40 bits per heavy atom. The first-order valence-corrected chi connectivity index (χ1v) is 7.02. The van der Waals surface area contributed by atoms with E-state index in [9.17, 15) is 19.8 Å². The van der Waals surface area contributed by atoms with Gasteiger partial charge in [-0.3, -0.25) is 9.59 Å². The minimum absolute atomic E-state index is 0.112. The zero-order valence-electron chi connectivity index (χ0n) is 12.2. The van der Waals surface area contributed by atoms with Crippen molar-refractivity contribution in [2.75, 3.05) is 0 Å². The fraction of sp³-hybridized carbons (Fsp3) is 0.733. The van der Waals surface area contributed by atoms with Crippen molar-refractivity contribution in [2.24, 2.45) is 17.3 Å². The predicted octanol–water partition coefficient (Wildman–Crippen LogP) is 1.50. The minimum Gasteiger partial charge on any atom is -0.504 e. The summed E-state index contributed by atoms with van der Waals surface area (Å²) < 4.78 is 5.71. The third-order valence-electron chi connectivity index (χ3n) is 5.62. The van der Waals surface area contributed by atoms with Gasteiger partial charge in [-0.2, -0.15) is 0 Å². The summed E-state index contributed by atoms with van der Waals surface area (Å²) in [5, 5.41) is 21.0. The molecule has 2 fully saturated rings. The number of carbonyl (C=O) groups is 2. The van der Waals surface area contributed by atoms with Crippen LogP contribution in [0.5, 0.6) is 0 Å². The Bertz CT molecular complexity index is 561. The van der Waals surface area contributed by atoms with Crippen molar-refractivity contribution in [3.8, 4) is 0 Å². The van der Waals surface area contributed by atoms with Crippen molar-refractivity contribution in [3.63, 3.8) is 0 Å². The highest BCUT2D eigenvalue weighted by Gasteiger charge is 2.79. The second kappa shape index (κ2) is 3.52. The zero-order valence-corrected chi connectivity index (χ0v) is 12.2. The number of hydrogen-bond donors (Lipinski definition) is 2. The molecule has 5 nitrogen and oxygen atoms in total. The van der Waals surface area contributed by atoms with Crippen LogP contribution in [-0.2, 0) is 14.3 Å². The van der Waals surface area contributed by atoms with E-state index in [0.717, 1.165) is 6.42 Å². The highest BCUT2D eigenvalue weighted by atomic mass is 16.7. The molecule has 2 N–H and O–H groups in total. The molecule has 0 amide bonds. The Morgan fingerprint density at radius 2 is 1.80 bits per heavy atom. The molecule has 3 aliphatic rings. The number of Topliss-reactive ketones (excluding diaryl/α,β-unsaturated/α-hetero) is 2. The lowest BCUT2D eigenvalue weighted by Crippen LogP contribution is -2.62. The highest BCUT2D eigenvalue weighted by Crippen LogP contribution is 2.67. The van der Waals surface area contributed by atoms with Gasteiger partial charge in [-0.05, 0) is 39.5 Å². The summed E-state index contributed by atoms with van der Waals surface area (Å²) in [6, 6.07) is 0. The number of aliphatic hydroxyl groups is 2. The van der Waals surface area contributed by atoms with Crippen molar-refractivity contribution in [3.05, 3.63) is 11.3 Å². The lowest BCUT2D eigenvalue weighted by atomic mass is 9.58. The number of ketones is 2. The number of allylic oxidation sites excluding steroid dienone is 1. The van der Waals surface area contributed by atoms with Gasteiger partial charge in [-0.1, -0.05) is 6.92 Å². The van der Waals surface area contributed by atoms with Gasteiger partial charge in [0.15, 0.2) is 5.76 Å². The largest absolute Gasteiger partial charge is 0.504 e. The molecule has 3 rings (SSSR count). The fourth-order valence-electron chi connectivity index (χ4n) is 4.72. The van der Waals surface area contributed by atoms with E-state index in [-0.39, 0.29) is 17.4 Å². The molecule has 2 aliphatic carbocycles. The van der Waals surface area contributed by atoms with Gasteiger partial charge in [0.2, 0.25) is 17.4 Å². The maximum absolute atomic E-state index is 12.8. The topological polar surface area (TPSA) is 83.8 Å². The lowest BCUT2D eigenvalue weighted by Gasteiger charge is -2.43. The third kappa shape index (κ3) is 1.13. The molecule has 5 heteroatoms. The number of aliphatic hydroxyl groups excluding tert-OH is 1. The quantitative estimate of drug-likeness (QED) is 0.702. The molecule has 1 saturated heterocycles. The molecule has 1 saturated carbocycles. The summed E-state index contributed by atoms with van der Waals surface area (Å²) in [4.78, 5) is 25.3. The van der Waals surface area contributed by atoms with Crippen LogP contribution in [-0.4, -0.2) is 33.2 Å². The number of carbonyl (C=O) groups excluding carboxylic acids is 2. The summed E-state index contributed by atoms with van der Waals surface area (Å²) in [6.07, 6.45) is 1.42. The Labute approximate surface area is 117 Å². The molecule has 0 aromatic rings. The maximum atomic E-state index is 12.8. The average Bonchev–Trinajstić information content (AvgIpc) is 2.80. The van der Waals surface area contributed by atoms with Crippen molar-refractivity contribution in [1.82, 2.24) is 0 Å². The first-order chi connectivity index (χ1) is 9.10. The second-order valence-electron chi connectivity index (χ2n) is 6.88. The molecule has 1 aliphatic heterocycles. The average molecular weight is 280 g/mol. The van der Waals surface area contributed by atoms with E-state index in [1.807, 2.05) is 6.92 Å². The van der Waals surface area contributed by atoms with Crippen molar-refractivity contribution < 1.29 is 24.5 Å². The monoisotopic (exact) mass is 280 g/mol. The van der Waals surface area contributed by atoms with Crippen molar-refractivity contribution >= 4 is 11.6 Å². The van der Waals surface area contributed by atoms with E-state index in [1.165, 1.54) is 6.92 Å². The van der Waals surface area contributed by atoms with Crippen LogP contribution >= 0.6 is 0 Å². The SMILES string of the molecule is CC1=C(O)C(=O)C23C(C)CCC2C(C)(C)OC3(O)C1=O. The molecule has 0 bridgehead atoms. The van der Waals surface area contributed by atoms with Crippen LogP contribution in [0.25, 0.3) is 0 Å². The number of hydrogen-bond acceptors (Lipinski definition) is 5. The van der Waals surface area contributed by atoms with E-state index in [1.54, 1.807) is 13.8 Å². The van der Waals surface area contributed by atoms with Crippen molar-refractivity contribution in [1.29, 1.82) is 0 Å². The van der Waals surface area contributed by atoms with Crippen LogP contribution in [0, 0.1) is 17.3 Å². The van der Waals surface area contributed by atoms with Gasteiger partial charge in [0.05, 0.1) is 5.60 Å². The summed E-state index contributed by atoms with van der Waals surface area (Å²) in [7, 11) is 0. The van der Waals surface area contributed by atoms with Crippen LogP contribution in [0.1, 0.15) is 40.5 Å². The summed E-state index contributed by atoms with van der Waals surface area (Å²) in [5.74, 6) is -4.38. The number of ether oxygens (including phenoxy) is 1. The van der Waals surface area contributed by atoms with Gasteiger partial charge in [-0.25, -0.2) is 0 Å². The summed E-state index contributed by atoms with van der Waals surface area (Å²) in [5.41, 5.74) is -2.24. The molecule has 0 radical (unpaired) electrons. The van der Waals surface area contributed by atoms with Crippen LogP contribution in [0.15, 0.2) is 11.3 Å². The summed E-state index contributed by atoms with van der Waals surface area (Å²) >= 11 is 0. The molecular weight excluding hydrogens is 260 g/mol. The van der Waals surface area contributed by atoms with Gasteiger partial charge < -0.3 is 14.9 Å². The highest BCUT2D eigenvalue weighted by molar-refractivity contribution is 6.17. The third-order valence-corrected chi connectivity index (χ3v) is 5.62. The van der Waals surface area contributed by atoms with Gasteiger partial charge in [0, 0.05) is 11.5 Å². The lowest BCUT2D eigenvalue weighted by molar-refractivity contribution is -0.244. The van der Waals surface area contributed by atoms with Crippen LogP contribution in [0.3, 0.4) is 0 Å². The Kier molecular flexibility index (Phi) is 2.42. The Morgan fingerprint density at radius 1 is 1.20 bits per heavy atom. The van der Waals surface area contributed by atoms with Crippen molar-refractivity contribution in [2.45, 2.75) is 51.9 Å². The first kappa shape index (κ1) is 13.8. The van der Waals surface area contributed by atoms with Crippen LogP contribution in [0.2, 0.25) is 0 Å². The predicted molar refractivity (Wildman–Crippen MR) is 69.8 cm³/mol. The zero-order chi connectivity index (χ0) is 15.1. The molecule has 110 valence electrons. The Balaban J connectivity index is 2.34. The van der Waals surface area contributed by atoms with Crippen LogP contribution in [0.4, 0.5) is 0 Å². The molecule has 4 unspecified atom stereocenters. The first-order valence-electron chi connectivity index (χ1n) is 7.02. The van der Waals surface area contributed by atoms with E-state index in [0.29, 0.717) is 6.42 Å². The number of rotatable bonds is 0. The van der Waals surface area contributed by atoms with Gasteiger partial charge in [0.1, 0.15) is 5.41 Å². The Hall–Kier alpha value is -1.20. The molecular formula is C15H20O5. The normalized spacial score (nSPS) is 46.6. The van der Waals surface area contributed by atoms with E-state index < -0.39 is 34.1 Å². The van der Waals surface area contributed by atoms with E-state index in [2.05, 4.69) is 0 Å². The van der Waals surface area contributed by atoms with E-state index in [4.69, 9.17) is 4.74 Å². The van der Waals surface area contributed by atoms with Crippen LogP contribution < -0.4 is 0 Å². The standard InChI is InChI=1S/C15H20O5/c1-7-5-6-9-13(3,4)20-15(19)11(17)8(2)10(16)12(18)14(7,9)15/h7,9,16,19H,5-6H2,1-4H3. The van der Waals surface area contributed by atoms with E-state index >= 15 is 0 Å². The van der Waals surface area contributed by atoms with Gasteiger partial charge >= 0.3 is 0 Å². The minimum atomic E-state index is -2.15. The molecule has 0 aromatic carbocycles. The van der Waals surface area contributed by atoms with Gasteiger partial charge in [0.25, 0.3) is 0 Å². The second-order valence-corrected chi connectivity index (χ2v) is 6.88. The molecule has 4 atom stereocenters. The fourth-order valence-corrected chi connectivity index (χ4v) is 4.72. The summed E-state index contributed by atoms with van der Waals surface area (Å²) in [6.45, 7) is 6.78. The molecule has 20 heavy (non-hydrogen) atoms.